The molecule has 0 saturated heterocycles. The monoisotopic (exact) mass is 255 g/mol. The Morgan fingerprint density at radius 1 is 1.35 bits per heavy atom. The molecule has 1 aromatic rings. The van der Waals surface area contributed by atoms with Crippen LogP contribution in [0.15, 0.2) is 18.2 Å². The number of fused-ring (bicyclic) bond motifs is 1. The normalized spacial score (nSPS) is 17.2. The number of ether oxygens (including phenoxy) is 2. The number of benzene rings is 1. The zero-order chi connectivity index (χ0) is 12.4. The van der Waals surface area contributed by atoms with Crippen molar-refractivity contribution in [1.29, 1.82) is 0 Å². The summed E-state index contributed by atoms with van der Waals surface area (Å²) in [4.78, 5) is 0. The average molecular weight is 255 g/mol. The van der Waals surface area contributed by atoms with Crippen molar-refractivity contribution in [3.05, 3.63) is 23.8 Å². The van der Waals surface area contributed by atoms with Gasteiger partial charge in [0.05, 0.1) is 0 Å². The van der Waals surface area contributed by atoms with Crippen LogP contribution in [0.2, 0.25) is 0 Å². The van der Waals surface area contributed by atoms with Crippen LogP contribution in [-0.4, -0.2) is 22.0 Å². The van der Waals surface area contributed by atoms with Crippen molar-refractivity contribution < 1.29 is 13.7 Å². The summed E-state index contributed by atoms with van der Waals surface area (Å²) in [5, 5.41) is 0.134. The highest BCUT2D eigenvalue weighted by molar-refractivity contribution is 7.85. The second kappa shape index (κ2) is 5.06. The van der Waals surface area contributed by atoms with Crippen molar-refractivity contribution in [2.75, 3.05) is 12.5 Å². The Bertz CT molecular complexity index is 434. The molecule has 0 aromatic heterocycles. The molecule has 17 heavy (non-hydrogen) atoms. The lowest BCUT2D eigenvalue weighted by atomic mass is 10.1. The molecule has 94 valence electrons. The maximum atomic E-state index is 11.7. The molecule has 1 aromatic carbocycles. The Morgan fingerprint density at radius 3 is 2.76 bits per heavy atom. The van der Waals surface area contributed by atoms with E-state index in [4.69, 9.17) is 15.2 Å². The van der Waals surface area contributed by atoms with Crippen molar-refractivity contribution in [1.82, 2.24) is 0 Å². The van der Waals surface area contributed by atoms with Gasteiger partial charge in [0.25, 0.3) is 0 Å². The van der Waals surface area contributed by atoms with Gasteiger partial charge >= 0.3 is 0 Å². The molecule has 0 fully saturated rings. The highest BCUT2D eigenvalue weighted by atomic mass is 32.2. The minimum Gasteiger partial charge on any atom is -0.454 e. The first kappa shape index (κ1) is 12.4. The summed E-state index contributed by atoms with van der Waals surface area (Å²) in [5.74, 6) is 1.93. The number of nitrogens with two attached hydrogens (primary N) is 1. The van der Waals surface area contributed by atoms with Crippen molar-refractivity contribution in [3.8, 4) is 11.5 Å². The van der Waals surface area contributed by atoms with Crippen LogP contribution >= 0.6 is 0 Å². The number of hydrogen-bond acceptors (Lipinski definition) is 4. The van der Waals surface area contributed by atoms with Gasteiger partial charge in [0.2, 0.25) is 6.79 Å². The molecule has 2 N–H and O–H groups in total. The van der Waals surface area contributed by atoms with Crippen LogP contribution in [0.4, 0.5) is 0 Å². The van der Waals surface area contributed by atoms with Crippen molar-refractivity contribution >= 4 is 10.8 Å². The molecular weight excluding hydrogens is 238 g/mol. The van der Waals surface area contributed by atoms with E-state index in [2.05, 4.69) is 0 Å². The molecule has 5 heteroatoms. The van der Waals surface area contributed by atoms with Gasteiger partial charge in [0, 0.05) is 27.8 Å². The summed E-state index contributed by atoms with van der Waals surface area (Å²) in [7, 11) is -0.898. The molecule has 0 radical (unpaired) electrons. The SMILES string of the molecule is CC(C)S(=O)CC(N)c1ccc2c(c1)OCO2. The lowest BCUT2D eigenvalue weighted by molar-refractivity contribution is 0.174. The average Bonchev–Trinajstić information content (AvgIpc) is 2.75. The number of hydrogen-bond donors (Lipinski definition) is 1. The van der Waals surface area contributed by atoms with Gasteiger partial charge < -0.3 is 15.2 Å². The van der Waals surface area contributed by atoms with Gasteiger partial charge in [0.15, 0.2) is 11.5 Å². The topological polar surface area (TPSA) is 61.6 Å². The maximum Gasteiger partial charge on any atom is 0.231 e. The predicted octanol–water partition coefficient (Wildman–Crippen LogP) is 1.57. The minimum absolute atomic E-state index is 0.134. The Kier molecular flexibility index (Phi) is 3.69. The fourth-order valence-electron chi connectivity index (χ4n) is 1.61. The summed E-state index contributed by atoms with van der Waals surface area (Å²) in [6.07, 6.45) is 0. The zero-order valence-electron chi connectivity index (χ0n) is 10.0. The molecule has 2 rings (SSSR count). The summed E-state index contributed by atoms with van der Waals surface area (Å²) < 4.78 is 22.3. The molecule has 2 unspecified atom stereocenters. The summed E-state index contributed by atoms with van der Waals surface area (Å²) in [6, 6.07) is 5.38. The van der Waals surface area contributed by atoms with E-state index in [9.17, 15) is 4.21 Å². The molecule has 0 bridgehead atoms. The van der Waals surface area contributed by atoms with E-state index in [1.165, 1.54) is 0 Å². The fourth-order valence-corrected chi connectivity index (χ4v) is 2.54. The van der Waals surface area contributed by atoms with Crippen LogP contribution in [0.25, 0.3) is 0 Å². The van der Waals surface area contributed by atoms with Gasteiger partial charge in [-0.1, -0.05) is 19.9 Å². The number of rotatable bonds is 4. The van der Waals surface area contributed by atoms with Crippen molar-refractivity contribution in [2.45, 2.75) is 25.1 Å². The summed E-state index contributed by atoms with van der Waals surface area (Å²) in [6.45, 7) is 4.12. The first-order valence-corrected chi connectivity index (χ1v) is 6.98. The van der Waals surface area contributed by atoms with Crippen LogP contribution in [-0.2, 0) is 10.8 Å². The van der Waals surface area contributed by atoms with Gasteiger partial charge in [0.1, 0.15) is 0 Å². The van der Waals surface area contributed by atoms with Crippen LogP contribution < -0.4 is 15.2 Å². The van der Waals surface area contributed by atoms with E-state index in [0.717, 1.165) is 11.3 Å². The molecular formula is C12H17NO3S. The predicted molar refractivity (Wildman–Crippen MR) is 67.6 cm³/mol. The van der Waals surface area contributed by atoms with E-state index in [1.807, 2.05) is 32.0 Å². The second-order valence-electron chi connectivity index (χ2n) is 4.32. The molecule has 0 saturated carbocycles. The molecule has 0 spiro atoms. The highest BCUT2D eigenvalue weighted by Crippen LogP contribution is 2.33. The molecule has 1 heterocycles. The van der Waals surface area contributed by atoms with Crippen molar-refractivity contribution in [3.63, 3.8) is 0 Å². The molecule has 0 aliphatic carbocycles. The zero-order valence-corrected chi connectivity index (χ0v) is 10.8. The van der Waals surface area contributed by atoms with E-state index < -0.39 is 10.8 Å². The second-order valence-corrected chi connectivity index (χ2v) is 6.35. The first-order chi connectivity index (χ1) is 8.08. The third-order valence-electron chi connectivity index (χ3n) is 2.69. The maximum absolute atomic E-state index is 11.7. The van der Waals surface area contributed by atoms with Gasteiger partial charge in [-0.15, -0.1) is 0 Å². The molecule has 4 nitrogen and oxygen atoms in total. The third-order valence-corrected chi connectivity index (χ3v) is 4.43. The van der Waals surface area contributed by atoms with Crippen molar-refractivity contribution in [2.24, 2.45) is 5.73 Å². The lowest BCUT2D eigenvalue weighted by Crippen LogP contribution is -2.22. The molecule has 1 aliphatic rings. The Labute approximate surface area is 104 Å². The Balaban J connectivity index is 2.09. The molecule has 0 amide bonds. The van der Waals surface area contributed by atoms with Crippen LogP contribution in [0.3, 0.4) is 0 Å². The Hall–Kier alpha value is -1.07. The van der Waals surface area contributed by atoms with Gasteiger partial charge in [-0.25, -0.2) is 0 Å². The minimum atomic E-state index is -0.898. The van der Waals surface area contributed by atoms with E-state index >= 15 is 0 Å². The van der Waals surface area contributed by atoms with Crippen LogP contribution in [0.1, 0.15) is 25.5 Å². The molecule has 1 aliphatic heterocycles. The smallest absolute Gasteiger partial charge is 0.231 e. The van der Waals surface area contributed by atoms with Gasteiger partial charge in [-0.05, 0) is 17.7 Å². The third kappa shape index (κ3) is 2.79. The van der Waals surface area contributed by atoms with Gasteiger partial charge in [-0.3, -0.25) is 4.21 Å². The summed E-state index contributed by atoms with van der Waals surface area (Å²) >= 11 is 0. The van der Waals surface area contributed by atoms with Crippen LogP contribution in [0, 0.1) is 0 Å². The largest absolute Gasteiger partial charge is 0.454 e. The quantitative estimate of drug-likeness (QED) is 0.887. The van der Waals surface area contributed by atoms with E-state index in [0.29, 0.717) is 11.5 Å². The fraction of sp³-hybridized carbons (Fsp3) is 0.500. The highest BCUT2D eigenvalue weighted by Gasteiger charge is 2.18. The van der Waals surface area contributed by atoms with E-state index in [1.54, 1.807) is 0 Å². The standard InChI is InChI=1S/C12H17NO3S/c1-8(2)17(14)6-10(13)9-3-4-11-12(5-9)16-7-15-11/h3-5,8,10H,6-7,13H2,1-2H3. The van der Waals surface area contributed by atoms with Crippen LogP contribution in [0.5, 0.6) is 11.5 Å². The van der Waals surface area contributed by atoms with Gasteiger partial charge in [-0.2, -0.15) is 0 Å². The Morgan fingerprint density at radius 2 is 2.06 bits per heavy atom. The summed E-state index contributed by atoms with van der Waals surface area (Å²) in [5.41, 5.74) is 6.97. The lowest BCUT2D eigenvalue weighted by Gasteiger charge is -2.13. The molecule has 2 atom stereocenters. The first-order valence-electron chi connectivity index (χ1n) is 5.60. The van der Waals surface area contributed by atoms with E-state index in [-0.39, 0.29) is 18.1 Å².